The number of ether oxygens (including phenoxy) is 1. The number of nitrogens with one attached hydrogen (secondary N) is 1. The first-order chi connectivity index (χ1) is 14.4. The van der Waals surface area contributed by atoms with Gasteiger partial charge in [0.15, 0.2) is 0 Å². The van der Waals surface area contributed by atoms with E-state index in [0.717, 1.165) is 29.9 Å². The van der Waals surface area contributed by atoms with E-state index in [9.17, 15) is 4.79 Å². The van der Waals surface area contributed by atoms with Gasteiger partial charge >= 0.3 is 6.09 Å². The maximum Gasteiger partial charge on any atom is 0.411 e. The summed E-state index contributed by atoms with van der Waals surface area (Å²) in [5, 5.41) is 2.76. The second kappa shape index (κ2) is 16.2. The number of amides is 1. The Hall–Kier alpha value is -1.51. The third-order valence-electron chi connectivity index (χ3n) is 6.13. The molecule has 172 valence electrons. The molecule has 0 aliphatic heterocycles. The van der Waals surface area contributed by atoms with Crippen molar-refractivity contribution in [2.75, 3.05) is 11.9 Å². The van der Waals surface area contributed by atoms with Crippen LogP contribution in [0.15, 0.2) is 30.3 Å². The smallest absolute Gasteiger partial charge is 0.411 e. The number of anilines is 1. The van der Waals surface area contributed by atoms with Crippen LogP contribution < -0.4 is 5.32 Å². The Bertz CT molecular complexity index is 543. The predicted molar refractivity (Wildman–Crippen MR) is 130 cm³/mol. The van der Waals surface area contributed by atoms with Gasteiger partial charge in [-0.15, -0.1) is 0 Å². The van der Waals surface area contributed by atoms with Crippen LogP contribution in [0.4, 0.5) is 10.5 Å². The van der Waals surface area contributed by atoms with Crippen LogP contribution in [0, 0.1) is 23.7 Å². The van der Waals surface area contributed by atoms with Crippen molar-refractivity contribution in [1.82, 2.24) is 0 Å². The lowest BCUT2D eigenvalue weighted by Gasteiger charge is -2.16. The van der Waals surface area contributed by atoms with Crippen molar-refractivity contribution in [2.24, 2.45) is 23.7 Å². The number of hydrogen-bond acceptors (Lipinski definition) is 2. The summed E-state index contributed by atoms with van der Waals surface area (Å²) in [5.74, 6) is 3.16. The maximum atomic E-state index is 11.8. The molecule has 3 heteroatoms. The van der Waals surface area contributed by atoms with Crippen LogP contribution in [-0.4, -0.2) is 12.7 Å². The van der Waals surface area contributed by atoms with E-state index in [0.29, 0.717) is 12.5 Å². The molecule has 1 N–H and O–H groups in total. The van der Waals surface area contributed by atoms with E-state index in [4.69, 9.17) is 4.74 Å². The van der Waals surface area contributed by atoms with Crippen LogP contribution in [0.25, 0.3) is 0 Å². The molecule has 3 nitrogen and oxygen atoms in total. The molecule has 1 unspecified atom stereocenters. The zero-order valence-corrected chi connectivity index (χ0v) is 20.3. The molecule has 0 radical (unpaired) electrons. The number of carbonyl (C=O) groups is 1. The zero-order valence-electron chi connectivity index (χ0n) is 20.3. The van der Waals surface area contributed by atoms with Crippen molar-refractivity contribution < 1.29 is 9.53 Å². The van der Waals surface area contributed by atoms with Gasteiger partial charge in [-0.25, -0.2) is 4.79 Å². The van der Waals surface area contributed by atoms with Gasteiger partial charge in [0, 0.05) is 5.69 Å². The van der Waals surface area contributed by atoms with E-state index in [1.54, 1.807) is 0 Å². The molecule has 3 atom stereocenters. The van der Waals surface area contributed by atoms with Crippen molar-refractivity contribution in [3.8, 4) is 0 Å². The van der Waals surface area contributed by atoms with Gasteiger partial charge in [-0.1, -0.05) is 111 Å². The lowest BCUT2D eigenvalue weighted by Crippen LogP contribution is -2.15. The second-order valence-electron chi connectivity index (χ2n) is 9.92. The molecule has 0 bridgehead atoms. The average molecular weight is 418 g/mol. The van der Waals surface area contributed by atoms with Crippen molar-refractivity contribution in [1.29, 1.82) is 0 Å². The quantitative estimate of drug-likeness (QED) is 0.292. The average Bonchev–Trinajstić information content (AvgIpc) is 2.68. The van der Waals surface area contributed by atoms with Gasteiger partial charge in [0.1, 0.15) is 0 Å². The molecule has 30 heavy (non-hydrogen) atoms. The summed E-state index contributed by atoms with van der Waals surface area (Å²) in [5.41, 5.74) is 0.773. The van der Waals surface area contributed by atoms with Crippen molar-refractivity contribution in [3.63, 3.8) is 0 Å². The minimum absolute atomic E-state index is 0.361. The highest BCUT2D eigenvalue weighted by Gasteiger charge is 2.09. The first-order valence-electron chi connectivity index (χ1n) is 12.4. The molecule has 0 spiro atoms. The molecule has 1 rings (SSSR count). The standard InChI is InChI=1S/C27H47NO2/c1-22(2)12-9-13-23(3)14-10-15-24(4)16-11-17-25(5)20-21-30-27(29)28-26-18-7-6-8-19-26/h6-8,18-19,22-25H,9-17,20-21H2,1-5H3,(H,28,29)/t23-,24-,25?/m1/s1. The summed E-state index contributed by atoms with van der Waals surface area (Å²) in [4.78, 5) is 11.8. The van der Waals surface area contributed by atoms with E-state index < -0.39 is 0 Å². The van der Waals surface area contributed by atoms with E-state index in [1.807, 2.05) is 30.3 Å². The van der Waals surface area contributed by atoms with Gasteiger partial charge in [0.25, 0.3) is 0 Å². The normalized spacial score (nSPS) is 14.3. The molecule has 1 aromatic carbocycles. The van der Waals surface area contributed by atoms with E-state index in [2.05, 4.69) is 39.9 Å². The van der Waals surface area contributed by atoms with Crippen LogP contribution >= 0.6 is 0 Å². The summed E-state index contributed by atoms with van der Waals surface area (Å²) in [7, 11) is 0. The molecule has 0 saturated carbocycles. The summed E-state index contributed by atoms with van der Waals surface area (Å²) < 4.78 is 5.31. The molecule has 0 saturated heterocycles. The summed E-state index contributed by atoms with van der Waals surface area (Å²) >= 11 is 0. The molecular formula is C27H47NO2. The van der Waals surface area contributed by atoms with Crippen molar-refractivity contribution in [3.05, 3.63) is 30.3 Å². The highest BCUT2D eigenvalue weighted by atomic mass is 16.5. The monoisotopic (exact) mass is 417 g/mol. The zero-order chi connectivity index (χ0) is 22.2. The van der Waals surface area contributed by atoms with Crippen LogP contribution in [0.5, 0.6) is 0 Å². The van der Waals surface area contributed by atoms with Crippen LogP contribution in [-0.2, 0) is 4.74 Å². The lowest BCUT2D eigenvalue weighted by molar-refractivity contribution is 0.153. The molecule has 1 aromatic rings. The third kappa shape index (κ3) is 14.5. The fraction of sp³-hybridized carbons (Fsp3) is 0.741. The second-order valence-corrected chi connectivity index (χ2v) is 9.92. The topological polar surface area (TPSA) is 38.3 Å². The van der Waals surface area contributed by atoms with Crippen molar-refractivity contribution in [2.45, 2.75) is 98.8 Å². The van der Waals surface area contributed by atoms with E-state index in [1.165, 1.54) is 57.8 Å². The Morgan fingerprint density at radius 2 is 1.20 bits per heavy atom. The number of hydrogen-bond donors (Lipinski definition) is 1. The molecule has 0 heterocycles. The molecule has 0 aromatic heterocycles. The fourth-order valence-corrected chi connectivity index (χ4v) is 3.97. The highest BCUT2D eigenvalue weighted by Crippen LogP contribution is 2.22. The summed E-state index contributed by atoms with van der Waals surface area (Å²) in [6, 6.07) is 9.44. The molecular weight excluding hydrogens is 370 g/mol. The SMILES string of the molecule is CC(C)CCC[C@@H](C)CCC[C@@H](C)CCCC(C)CCOC(=O)Nc1ccccc1. The number of para-hydroxylation sites is 1. The third-order valence-corrected chi connectivity index (χ3v) is 6.13. The molecule has 0 aliphatic carbocycles. The van der Waals surface area contributed by atoms with E-state index in [-0.39, 0.29) is 6.09 Å². The molecule has 0 aliphatic rings. The Kier molecular flexibility index (Phi) is 14.3. The van der Waals surface area contributed by atoms with Gasteiger partial charge in [-0.2, -0.15) is 0 Å². The maximum absolute atomic E-state index is 11.8. The lowest BCUT2D eigenvalue weighted by atomic mass is 9.91. The molecule has 0 fully saturated rings. The van der Waals surface area contributed by atoms with Crippen LogP contribution in [0.2, 0.25) is 0 Å². The minimum Gasteiger partial charge on any atom is -0.449 e. The van der Waals surface area contributed by atoms with Crippen LogP contribution in [0.3, 0.4) is 0 Å². The Morgan fingerprint density at radius 1 is 0.733 bits per heavy atom. The van der Waals surface area contributed by atoms with Crippen LogP contribution in [0.1, 0.15) is 98.8 Å². The van der Waals surface area contributed by atoms with E-state index >= 15 is 0 Å². The highest BCUT2D eigenvalue weighted by molar-refractivity contribution is 5.84. The minimum atomic E-state index is -0.361. The fourth-order valence-electron chi connectivity index (χ4n) is 3.97. The summed E-state index contributed by atoms with van der Waals surface area (Å²) in [6.07, 6.45) is 12.7. The van der Waals surface area contributed by atoms with Gasteiger partial charge in [-0.05, 0) is 42.2 Å². The number of rotatable bonds is 16. The van der Waals surface area contributed by atoms with Crippen molar-refractivity contribution >= 4 is 11.8 Å². The Labute approximate surface area is 186 Å². The first-order valence-corrected chi connectivity index (χ1v) is 12.4. The number of carbonyl (C=O) groups excluding carboxylic acids is 1. The van der Waals surface area contributed by atoms with Gasteiger partial charge in [0.05, 0.1) is 6.61 Å². The predicted octanol–water partition coefficient (Wildman–Crippen LogP) is 8.70. The Morgan fingerprint density at radius 3 is 1.70 bits per heavy atom. The summed E-state index contributed by atoms with van der Waals surface area (Å²) in [6.45, 7) is 12.2. The molecule has 1 amide bonds. The largest absolute Gasteiger partial charge is 0.449 e. The van der Waals surface area contributed by atoms with Gasteiger partial charge < -0.3 is 4.74 Å². The first kappa shape index (κ1) is 26.5. The van der Waals surface area contributed by atoms with Gasteiger partial charge in [0.2, 0.25) is 0 Å². The number of benzene rings is 1. The Balaban J connectivity index is 1.99. The van der Waals surface area contributed by atoms with Gasteiger partial charge in [-0.3, -0.25) is 5.32 Å².